The molecule has 0 atom stereocenters. The van der Waals surface area contributed by atoms with Crippen LogP contribution < -0.4 is 14.5 Å². The lowest BCUT2D eigenvalue weighted by atomic mass is 10.1. The Kier molecular flexibility index (Phi) is 7.76. The Morgan fingerprint density at radius 3 is 2.00 bits per heavy atom. The minimum Gasteiger partial charge on any atom is -0.493 e. The number of hydrogen-bond donors (Lipinski definition) is 0. The Hall–Kier alpha value is -4.58. The number of ether oxygens (including phenoxy) is 3. The van der Waals surface area contributed by atoms with Gasteiger partial charge < -0.3 is 14.2 Å². The molecule has 0 spiro atoms. The van der Waals surface area contributed by atoms with Gasteiger partial charge in [0.05, 0.1) is 37.4 Å². The normalized spacial score (nSPS) is 10.7. The maximum Gasteiger partial charge on any atom is 0.337 e. The summed E-state index contributed by atoms with van der Waals surface area (Å²) >= 11 is 0. The van der Waals surface area contributed by atoms with E-state index >= 15 is 0 Å². The number of nitrogens with zero attached hydrogens (tertiary/aromatic N) is 2. The van der Waals surface area contributed by atoms with Crippen molar-refractivity contribution < 1.29 is 19.0 Å². The summed E-state index contributed by atoms with van der Waals surface area (Å²) in [6.07, 6.45) is 1.79. The summed E-state index contributed by atoms with van der Waals surface area (Å²) in [5.74, 6) is 0.852. The molecule has 6 nitrogen and oxygen atoms in total. The molecule has 4 aromatic rings. The van der Waals surface area contributed by atoms with Crippen molar-refractivity contribution in [1.29, 1.82) is 0 Å². The summed E-state index contributed by atoms with van der Waals surface area (Å²) < 4.78 is 16.2. The van der Waals surface area contributed by atoms with Crippen molar-refractivity contribution in [1.82, 2.24) is 0 Å². The van der Waals surface area contributed by atoms with Gasteiger partial charge in [-0.25, -0.2) is 9.80 Å². The van der Waals surface area contributed by atoms with Crippen molar-refractivity contribution in [3.8, 4) is 11.5 Å². The second kappa shape index (κ2) is 11.5. The number of carbonyl (C=O) groups excluding carboxylic acids is 1. The van der Waals surface area contributed by atoms with Gasteiger partial charge in [0.1, 0.15) is 6.61 Å². The van der Waals surface area contributed by atoms with Crippen LogP contribution in [0.4, 0.5) is 11.4 Å². The number of hydrazone groups is 1. The first-order valence-corrected chi connectivity index (χ1v) is 11.1. The lowest BCUT2D eigenvalue weighted by molar-refractivity contribution is 0.0600. The second-order valence-electron chi connectivity index (χ2n) is 7.61. The van der Waals surface area contributed by atoms with E-state index < -0.39 is 0 Å². The van der Waals surface area contributed by atoms with Gasteiger partial charge in [-0.1, -0.05) is 48.5 Å². The Bertz CT molecular complexity index is 1230. The number of rotatable bonds is 9. The number of esters is 1. The number of anilines is 2. The first-order valence-electron chi connectivity index (χ1n) is 11.1. The molecule has 0 N–H and O–H groups in total. The van der Waals surface area contributed by atoms with E-state index in [-0.39, 0.29) is 5.97 Å². The highest BCUT2D eigenvalue weighted by Gasteiger charge is 2.09. The average Bonchev–Trinajstić information content (AvgIpc) is 2.93. The van der Waals surface area contributed by atoms with Crippen molar-refractivity contribution in [2.75, 3.05) is 19.2 Å². The van der Waals surface area contributed by atoms with E-state index in [4.69, 9.17) is 19.3 Å². The van der Waals surface area contributed by atoms with Gasteiger partial charge in [0.2, 0.25) is 0 Å². The standard InChI is InChI=1S/C29H26N2O4/c1-33-28-19-23(15-18-27(28)35-21-22-13-16-24(17-14-22)29(32)34-2)20-30-31(25-9-5-3-6-10-25)26-11-7-4-8-12-26/h3-20H,21H2,1-2H3. The maximum atomic E-state index is 11.6. The molecule has 0 bridgehead atoms. The van der Waals surface area contributed by atoms with Gasteiger partial charge in [0.15, 0.2) is 11.5 Å². The van der Waals surface area contributed by atoms with Crippen molar-refractivity contribution in [3.05, 3.63) is 120 Å². The van der Waals surface area contributed by atoms with Crippen LogP contribution in [0.15, 0.2) is 108 Å². The topological polar surface area (TPSA) is 60.4 Å². The van der Waals surface area contributed by atoms with Crippen molar-refractivity contribution in [2.45, 2.75) is 6.61 Å². The van der Waals surface area contributed by atoms with Gasteiger partial charge in [0.25, 0.3) is 0 Å². The molecule has 6 heteroatoms. The number of methoxy groups -OCH3 is 2. The van der Waals surface area contributed by atoms with Crippen LogP contribution in [0.25, 0.3) is 0 Å². The molecule has 0 saturated carbocycles. The van der Waals surface area contributed by atoms with E-state index in [2.05, 4.69) is 0 Å². The highest BCUT2D eigenvalue weighted by atomic mass is 16.5. The molecular formula is C29H26N2O4. The number of carbonyl (C=O) groups is 1. The monoisotopic (exact) mass is 466 g/mol. The van der Waals surface area contributed by atoms with Gasteiger partial charge in [-0.05, 0) is 65.7 Å². The predicted octanol–water partition coefficient (Wildman–Crippen LogP) is 6.23. The number of para-hydroxylation sites is 2. The fraction of sp³-hybridized carbons (Fsp3) is 0.103. The Balaban J connectivity index is 1.49. The molecular weight excluding hydrogens is 440 g/mol. The lowest BCUT2D eigenvalue weighted by Crippen LogP contribution is -2.09. The highest BCUT2D eigenvalue weighted by Crippen LogP contribution is 2.29. The van der Waals surface area contributed by atoms with Crippen LogP contribution >= 0.6 is 0 Å². The molecule has 35 heavy (non-hydrogen) atoms. The SMILES string of the molecule is COC(=O)c1ccc(COc2ccc(C=NN(c3ccccc3)c3ccccc3)cc2OC)cc1. The fourth-order valence-corrected chi connectivity index (χ4v) is 3.44. The molecule has 176 valence electrons. The van der Waals surface area contributed by atoms with E-state index in [9.17, 15) is 4.79 Å². The number of benzene rings is 4. The van der Waals surface area contributed by atoms with Crippen LogP contribution in [-0.2, 0) is 11.3 Å². The third kappa shape index (κ3) is 6.06. The predicted molar refractivity (Wildman–Crippen MR) is 138 cm³/mol. The van der Waals surface area contributed by atoms with Crippen LogP contribution in [0.3, 0.4) is 0 Å². The quantitative estimate of drug-likeness (QED) is 0.166. The summed E-state index contributed by atoms with van der Waals surface area (Å²) in [6, 6.07) is 32.7. The zero-order valence-electron chi connectivity index (χ0n) is 19.6. The molecule has 0 saturated heterocycles. The van der Waals surface area contributed by atoms with Gasteiger partial charge in [-0.15, -0.1) is 0 Å². The van der Waals surface area contributed by atoms with Gasteiger partial charge in [0, 0.05) is 0 Å². The second-order valence-corrected chi connectivity index (χ2v) is 7.61. The number of hydrogen-bond acceptors (Lipinski definition) is 6. The molecule has 4 aromatic carbocycles. The Labute approximate surface area is 205 Å². The summed E-state index contributed by atoms with van der Waals surface area (Å²) in [4.78, 5) is 11.6. The molecule has 0 aliphatic heterocycles. The third-order valence-electron chi connectivity index (χ3n) is 5.28. The molecule has 0 aliphatic rings. The van der Waals surface area contributed by atoms with Crippen LogP contribution in [0.5, 0.6) is 11.5 Å². The largest absolute Gasteiger partial charge is 0.493 e. The van der Waals surface area contributed by atoms with Crippen LogP contribution in [0, 0.1) is 0 Å². The average molecular weight is 467 g/mol. The minimum absolute atomic E-state index is 0.334. The minimum atomic E-state index is -0.366. The summed E-state index contributed by atoms with van der Waals surface area (Å²) in [5.41, 5.74) is 4.21. The smallest absolute Gasteiger partial charge is 0.337 e. The molecule has 0 radical (unpaired) electrons. The van der Waals surface area contributed by atoms with Crippen LogP contribution in [-0.4, -0.2) is 26.4 Å². The summed E-state index contributed by atoms with van der Waals surface area (Å²) in [5, 5.41) is 6.62. The molecule has 0 aromatic heterocycles. The first kappa shape index (κ1) is 23.6. The third-order valence-corrected chi connectivity index (χ3v) is 5.28. The fourth-order valence-electron chi connectivity index (χ4n) is 3.44. The van der Waals surface area contributed by atoms with Crippen LogP contribution in [0.1, 0.15) is 21.5 Å². The summed E-state index contributed by atoms with van der Waals surface area (Å²) in [7, 11) is 2.97. The molecule has 0 amide bonds. The maximum absolute atomic E-state index is 11.6. The van der Waals surface area contributed by atoms with Crippen molar-refractivity contribution in [3.63, 3.8) is 0 Å². The Morgan fingerprint density at radius 2 is 1.43 bits per heavy atom. The summed E-state index contributed by atoms with van der Waals surface area (Å²) in [6.45, 7) is 0.334. The molecule has 0 aliphatic carbocycles. The zero-order chi connectivity index (χ0) is 24.5. The lowest BCUT2D eigenvalue weighted by Gasteiger charge is -2.19. The molecule has 4 rings (SSSR count). The van der Waals surface area contributed by atoms with Gasteiger partial charge in [-0.3, -0.25) is 0 Å². The van der Waals surface area contributed by atoms with E-state index in [0.29, 0.717) is 23.7 Å². The zero-order valence-corrected chi connectivity index (χ0v) is 19.6. The Morgan fingerprint density at radius 1 is 0.800 bits per heavy atom. The van der Waals surface area contributed by atoms with E-state index in [1.807, 2.05) is 96.0 Å². The van der Waals surface area contributed by atoms with E-state index in [1.54, 1.807) is 25.5 Å². The van der Waals surface area contributed by atoms with Crippen molar-refractivity contribution in [2.24, 2.45) is 5.10 Å². The highest BCUT2D eigenvalue weighted by molar-refractivity contribution is 5.89. The van der Waals surface area contributed by atoms with E-state index in [1.165, 1.54) is 7.11 Å². The first-order chi connectivity index (χ1) is 17.2. The van der Waals surface area contributed by atoms with Crippen molar-refractivity contribution >= 4 is 23.6 Å². The van der Waals surface area contributed by atoms with Gasteiger partial charge in [-0.2, -0.15) is 5.10 Å². The molecule has 0 fully saturated rings. The van der Waals surface area contributed by atoms with Crippen LogP contribution in [0.2, 0.25) is 0 Å². The van der Waals surface area contributed by atoms with Gasteiger partial charge >= 0.3 is 5.97 Å². The molecule has 0 heterocycles. The van der Waals surface area contributed by atoms with E-state index in [0.717, 1.165) is 22.5 Å². The molecule has 0 unspecified atom stereocenters.